The van der Waals surface area contributed by atoms with Crippen LogP contribution in [0, 0.1) is 0 Å². The van der Waals surface area contributed by atoms with Gasteiger partial charge in [-0.2, -0.15) is 0 Å². The minimum Gasteiger partial charge on any atom is -0.479 e. The van der Waals surface area contributed by atoms with E-state index in [2.05, 4.69) is 93.7 Å². The van der Waals surface area contributed by atoms with Crippen molar-refractivity contribution >= 4 is 23.9 Å². The maximum Gasteiger partial charge on any atom is 0.335 e. The van der Waals surface area contributed by atoms with E-state index in [9.17, 15) is 34.5 Å². The van der Waals surface area contributed by atoms with Crippen LogP contribution in [0.4, 0.5) is 0 Å². The second-order valence-electron chi connectivity index (χ2n) is 17.8. The third kappa shape index (κ3) is 35.6. The summed E-state index contributed by atoms with van der Waals surface area (Å²) < 4.78 is 28.2. The third-order valence-electron chi connectivity index (χ3n) is 11.4. The fraction of sp³-hybridized carbons (Fsp3) is 0.684. The Kier molecular flexibility index (Phi) is 41.1. The molecule has 6 unspecified atom stereocenters. The van der Waals surface area contributed by atoms with E-state index in [4.69, 9.17) is 23.7 Å². The van der Waals surface area contributed by atoms with Crippen molar-refractivity contribution in [3.05, 3.63) is 85.1 Å². The van der Waals surface area contributed by atoms with Gasteiger partial charge < -0.3 is 39.0 Å². The van der Waals surface area contributed by atoms with Gasteiger partial charge in [0.2, 0.25) is 0 Å². The number of allylic oxidation sites excluding steroid dienone is 14. The van der Waals surface area contributed by atoms with Gasteiger partial charge in [-0.15, -0.1) is 0 Å². The highest BCUT2D eigenvalue weighted by Crippen LogP contribution is 2.26. The second kappa shape index (κ2) is 45.1. The molecular formula is C57H92O12. The largest absolute Gasteiger partial charge is 0.479 e. The number of rotatable bonds is 43. The first-order chi connectivity index (χ1) is 33.6. The summed E-state index contributed by atoms with van der Waals surface area (Å²) in [6.45, 7) is 5.68. The Hall–Kier alpha value is -4.10. The smallest absolute Gasteiger partial charge is 0.335 e. The lowest BCUT2D eigenvalue weighted by molar-refractivity contribution is -0.301. The Balaban J connectivity index is 2.79. The Morgan fingerprint density at radius 3 is 1.52 bits per heavy atom. The van der Waals surface area contributed by atoms with Crippen LogP contribution < -0.4 is 0 Å². The topological polar surface area (TPSA) is 175 Å². The molecule has 0 amide bonds. The van der Waals surface area contributed by atoms with Crippen LogP contribution >= 0.6 is 0 Å². The van der Waals surface area contributed by atoms with Gasteiger partial charge >= 0.3 is 23.9 Å². The second-order valence-corrected chi connectivity index (χ2v) is 17.8. The predicted octanol–water partition coefficient (Wildman–Crippen LogP) is 12.8. The zero-order chi connectivity index (χ0) is 50.4. The summed E-state index contributed by atoms with van der Waals surface area (Å²) in [4.78, 5) is 50.8. The molecule has 0 aliphatic carbocycles. The van der Waals surface area contributed by atoms with Crippen LogP contribution in [0.3, 0.4) is 0 Å². The van der Waals surface area contributed by atoms with Gasteiger partial charge in [-0.25, -0.2) is 4.79 Å². The molecule has 12 heteroatoms. The standard InChI is InChI=1S/C57H92O12/c1-4-7-10-13-16-19-22-25-28-31-34-37-40-43-49(58)65-46-48(67-50(59)44-41-38-35-32-29-26-23-20-17-14-11-8-5-2)47-66-57-55(53(62)52(61)54(69-57)56(63)64)68-51(60)45-42-39-36-33-30-27-24-21-18-15-12-9-6-3/h7,10,12,15-16,19-21,23-25,28,34,37,48,52-55,57,61-62H,4-6,8-9,11,13-14,17-18,22,26-27,29-33,35-36,38-47H2,1-3H3,(H,63,64)/b10-7-,15-12-,19-16-,23-20-,24-21-,28-25-,37-34-. The Morgan fingerprint density at radius 1 is 0.493 bits per heavy atom. The number of carboxylic acids is 1. The van der Waals surface area contributed by atoms with E-state index >= 15 is 0 Å². The number of esters is 3. The quantitative estimate of drug-likeness (QED) is 0.0229. The van der Waals surface area contributed by atoms with E-state index in [0.717, 1.165) is 116 Å². The highest BCUT2D eigenvalue weighted by Gasteiger charge is 2.50. The number of carboxylic acid groups (broad SMARTS) is 1. The molecule has 6 atom stereocenters. The maximum absolute atomic E-state index is 13.1. The van der Waals surface area contributed by atoms with Crippen LogP contribution in [0.2, 0.25) is 0 Å². The van der Waals surface area contributed by atoms with Gasteiger partial charge in [-0.1, -0.05) is 170 Å². The Labute approximate surface area is 416 Å². The molecular weight excluding hydrogens is 877 g/mol. The molecule has 1 saturated heterocycles. The zero-order valence-corrected chi connectivity index (χ0v) is 42.8. The summed E-state index contributed by atoms with van der Waals surface area (Å²) in [6, 6.07) is 0. The van der Waals surface area contributed by atoms with Crippen molar-refractivity contribution in [1.82, 2.24) is 0 Å². The minimum absolute atomic E-state index is 0.0335. The number of aliphatic hydroxyl groups excluding tert-OH is 2. The van der Waals surface area contributed by atoms with E-state index in [-0.39, 0.29) is 25.9 Å². The fourth-order valence-corrected chi connectivity index (χ4v) is 7.35. The number of hydrogen-bond acceptors (Lipinski definition) is 11. The van der Waals surface area contributed by atoms with Crippen molar-refractivity contribution in [3.63, 3.8) is 0 Å². The van der Waals surface area contributed by atoms with E-state index in [1.807, 2.05) is 12.2 Å². The normalized spacial score (nSPS) is 19.3. The van der Waals surface area contributed by atoms with E-state index < -0.39 is 67.3 Å². The molecule has 1 aliphatic rings. The van der Waals surface area contributed by atoms with Gasteiger partial charge in [0.25, 0.3) is 0 Å². The molecule has 0 aromatic rings. The van der Waals surface area contributed by atoms with Gasteiger partial charge in [-0.3, -0.25) is 14.4 Å². The van der Waals surface area contributed by atoms with Crippen molar-refractivity contribution in [2.45, 2.75) is 237 Å². The summed E-state index contributed by atoms with van der Waals surface area (Å²) in [6.07, 6.45) is 44.4. The fourth-order valence-electron chi connectivity index (χ4n) is 7.35. The average molecular weight is 969 g/mol. The van der Waals surface area contributed by atoms with Crippen LogP contribution in [0.1, 0.15) is 201 Å². The highest BCUT2D eigenvalue weighted by molar-refractivity contribution is 5.74. The number of carbonyl (C=O) groups is 4. The molecule has 0 saturated carbocycles. The van der Waals surface area contributed by atoms with Crippen molar-refractivity contribution in [1.29, 1.82) is 0 Å². The monoisotopic (exact) mass is 969 g/mol. The summed E-state index contributed by atoms with van der Waals surface area (Å²) in [5, 5.41) is 31.3. The molecule has 1 fully saturated rings. The van der Waals surface area contributed by atoms with Gasteiger partial charge in [0.1, 0.15) is 18.8 Å². The number of carbonyl (C=O) groups excluding carboxylic acids is 3. The van der Waals surface area contributed by atoms with Crippen LogP contribution in [0.25, 0.3) is 0 Å². The number of aliphatic carboxylic acids is 1. The van der Waals surface area contributed by atoms with Gasteiger partial charge in [0.15, 0.2) is 24.6 Å². The van der Waals surface area contributed by atoms with E-state index in [1.165, 1.54) is 25.7 Å². The first-order valence-electron chi connectivity index (χ1n) is 26.6. The van der Waals surface area contributed by atoms with Gasteiger partial charge in [0, 0.05) is 19.3 Å². The molecule has 0 radical (unpaired) electrons. The van der Waals surface area contributed by atoms with Crippen molar-refractivity contribution in [3.8, 4) is 0 Å². The number of aliphatic hydroxyl groups is 2. The lowest BCUT2D eigenvalue weighted by atomic mass is 9.98. The lowest BCUT2D eigenvalue weighted by Crippen LogP contribution is -2.61. The van der Waals surface area contributed by atoms with Crippen molar-refractivity contribution in [2.75, 3.05) is 13.2 Å². The first kappa shape index (κ1) is 62.9. The zero-order valence-electron chi connectivity index (χ0n) is 42.8. The van der Waals surface area contributed by atoms with Crippen molar-refractivity contribution < 1.29 is 58.2 Å². The molecule has 0 aromatic carbocycles. The molecule has 3 N–H and O–H groups in total. The average Bonchev–Trinajstić information content (AvgIpc) is 3.33. The van der Waals surface area contributed by atoms with Gasteiger partial charge in [0.05, 0.1) is 6.61 Å². The number of hydrogen-bond donors (Lipinski definition) is 3. The Bertz CT molecular complexity index is 1530. The van der Waals surface area contributed by atoms with Crippen LogP contribution in [-0.2, 0) is 42.9 Å². The Morgan fingerprint density at radius 2 is 0.971 bits per heavy atom. The number of ether oxygens (including phenoxy) is 5. The minimum atomic E-state index is -1.92. The first-order valence-corrected chi connectivity index (χ1v) is 26.6. The molecule has 0 bridgehead atoms. The highest BCUT2D eigenvalue weighted by atomic mass is 16.7. The van der Waals surface area contributed by atoms with Crippen LogP contribution in [-0.4, -0.2) is 89.2 Å². The molecule has 69 heavy (non-hydrogen) atoms. The number of unbranched alkanes of at least 4 members (excludes halogenated alkanes) is 15. The van der Waals surface area contributed by atoms with Crippen LogP contribution in [0.15, 0.2) is 85.1 Å². The summed E-state index contributed by atoms with van der Waals surface area (Å²) in [5.41, 5.74) is 0. The SMILES string of the molecule is CC/C=C\C/C=C\C/C=C\C/C=C\CCC(=O)OCC(COC1OC(C(=O)O)C(O)C(O)C1OC(=O)CCCCCCC/C=C\C/C=C\CCC)OC(=O)CCCCCCC/C=C\CCCCCC. The van der Waals surface area contributed by atoms with Crippen molar-refractivity contribution in [2.24, 2.45) is 0 Å². The maximum atomic E-state index is 13.1. The summed E-state index contributed by atoms with van der Waals surface area (Å²) in [5.74, 6) is -3.27. The van der Waals surface area contributed by atoms with Crippen LogP contribution in [0.5, 0.6) is 0 Å². The van der Waals surface area contributed by atoms with E-state index in [0.29, 0.717) is 19.3 Å². The molecule has 0 aromatic heterocycles. The molecule has 12 nitrogen and oxygen atoms in total. The molecule has 1 heterocycles. The summed E-state index contributed by atoms with van der Waals surface area (Å²) in [7, 11) is 0. The van der Waals surface area contributed by atoms with Gasteiger partial charge in [-0.05, 0) is 96.3 Å². The molecule has 392 valence electrons. The molecule has 0 spiro atoms. The lowest BCUT2D eigenvalue weighted by Gasteiger charge is -2.40. The third-order valence-corrected chi connectivity index (χ3v) is 11.4. The summed E-state index contributed by atoms with van der Waals surface area (Å²) >= 11 is 0. The molecule has 1 rings (SSSR count). The predicted molar refractivity (Wildman–Crippen MR) is 275 cm³/mol. The van der Waals surface area contributed by atoms with E-state index in [1.54, 1.807) is 0 Å². The molecule has 1 aliphatic heterocycles.